The van der Waals surface area contributed by atoms with Crippen LogP contribution in [0.5, 0.6) is 0 Å². The van der Waals surface area contributed by atoms with Crippen LogP contribution in [0.1, 0.15) is 16.2 Å². The summed E-state index contributed by atoms with van der Waals surface area (Å²) in [6, 6.07) is 2.82. The van der Waals surface area contributed by atoms with Crippen molar-refractivity contribution in [2.24, 2.45) is 0 Å². The van der Waals surface area contributed by atoms with Gasteiger partial charge in [-0.3, -0.25) is 20.0 Å². The van der Waals surface area contributed by atoms with E-state index in [-0.39, 0.29) is 12.1 Å². The van der Waals surface area contributed by atoms with Crippen molar-refractivity contribution >= 4 is 11.6 Å². The van der Waals surface area contributed by atoms with Gasteiger partial charge in [-0.1, -0.05) is 0 Å². The second-order valence-corrected chi connectivity index (χ2v) is 3.54. The average Bonchev–Trinajstić information content (AvgIpc) is 2.88. The molecule has 1 heterocycles. The van der Waals surface area contributed by atoms with Gasteiger partial charge in [0, 0.05) is 6.07 Å². The summed E-state index contributed by atoms with van der Waals surface area (Å²) in [5, 5.41) is 19.0. The monoisotopic (exact) mass is 265 g/mol. The summed E-state index contributed by atoms with van der Waals surface area (Å²) in [6.07, 6.45) is 1.27. The van der Waals surface area contributed by atoms with Crippen LogP contribution in [0.3, 0.4) is 0 Å². The highest BCUT2D eigenvalue weighted by Gasteiger charge is 2.16. The lowest BCUT2D eigenvalue weighted by Crippen LogP contribution is -2.24. The molecule has 0 aliphatic rings. The van der Waals surface area contributed by atoms with Gasteiger partial charge in [0.05, 0.1) is 23.1 Å². The van der Waals surface area contributed by atoms with Crippen LogP contribution < -0.4 is 5.32 Å². The first-order chi connectivity index (χ1) is 9.08. The topological polar surface area (TPSA) is 114 Å². The Morgan fingerprint density at radius 1 is 1.53 bits per heavy atom. The molecule has 19 heavy (non-hydrogen) atoms. The number of rotatable bonds is 4. The standard InChI is InChI=1S/C10H8FN5O3/c11-8-3-6(16(18)19)1-2-7(8)10(17)12-4-9-13-5-14-15-9/h1-3,5H,4H2,(H,12,17)(H,13,14,15). The van der Waals surface area contributed by atoms with E-state index in [1.54, 1.807) is 0 Å². The number of halogens is 1. The fraction of sp³-hybridized carbons (Fsp3) is 0.100. The molecule has 0 saturated carbocycles. The minimum atomic E-state index is -0.954. The van der Waals surface area contributed by atoms with E-state index >= 15 is 0 Å². The molecule has 0 atom stereocenters. The van der Waals surface area contributed by atoms with Gasteiger partial charge in [-0.05, 0) is 6.07 Å². The number of aromatic amines is 1. The molecule has 0 saturated heterocycles. The largest absolute Gasteiger partial charge is 0.345 e. The lowest BCUT2D eigenvalue weighted by atomic mass is 10.2. The number of amides is 1. The third-order valence-corrected chi connectivity index (χ3v) is 2.29. The number of nitrogens with one attached hydrogen (secondary N) is 2. The van der Waals surface area contributed by atoms with Crippen molar-refractivity contribution in [2.75, 3.05) is 0 Å². The average molecular weight is 265 g/mol. The fourth-order valence-corrected chi connectivity index (χ4v) is 1.38. The van der Waals surface area contributed by atoms with Gasteiger partial charge in [0.1, 0.15) is 18.0 Å². The zero-order chi connectivity index (χ0) is 13.8. The van der Waals surface area contributed by atoms with Gasteiger partial charge in [0.2, 0.25) is 0 Å². The number of nitrogens with zero attached hydrogens (tertiary/aromatic N) is 3. The first-order valence-corrected chi connectivity index (χ1v) is 5.14. The summed E-state index contributed by atoms with van der Waals surface area (Å²) in [7, 11) is 0. The predicted molar refractivity (Wildman–Crippen MR) is 60.6 cm³/mol. The highest BCUT2D eigenvalue weighted by molar-refractivity contribution is 5.94. The summed E-state index contributed by atoms with van der Waals surface area (Å²) in [5.74, 6) is -1.23. The summed E-state index contributed by atoms with van der Waals surface area (Å²) in [4.78, 5) is 25.1. The molecule has 1 aromatic heterocycles. The van der Waals surface area contributed by atoms with Crippen LogP contribution in [0.2, 0.25) is 0 Å². The molecule has 0 aliphatic heterocycles. The highest BCUT2D eigenvalue weighted by atomic mass is 19.1. The third-order valence-electron chi connectivity index (χ3n) is 2.29. The Morgan fingerprint density at radius 2 is 2.32 bits per heavy atom. The van der Waals surface area contributed by atoms with Gasteiger partial charge in [-0.25, -0.2) is 9.37 Å². The SMILES string of the molecule is O=C(NCc1ncn[nH]1)c1ccc([N+](=O)[O-])cc1F. The van der Waals surface area contributed by atoms with E-state index in [0.29, 0.717) is 11.9 Å². The lowest BCUT2D eigenvalue weighted by Gasteiger charge is -2.04. The van der Waals surface area contributed by atoms with E-state index in [2.05, 4.69) is 20.5 Å². The second kappa shape index (κ2) is 5.21. The minimum absolute atomic E-state index is 0.0509. The van der Waals surface area contributed by atoms with Gasteiger partial charge in [-0.2, -0.15) is 5.10 Å². The summed E-state index contributed by atoms with van der Waals surface area (Å²) < 4.78 is 13.5. The van der Waals surface area contributed by atoms with E-state index < -0.39 is 22.3 Å². The molecule has 0 aliphatic carbocycles. The van der Waals surface area contributed by atoms with Crippen LogP contribution in [0.15, 0.2) is 24.5 Å². The van der Waals surface area contributed by atoms with Gasteiger partial charge in [0.15, 0.2) is 0 Å². The Kier molecular flexibility index (Phi) is 3.46. The number of aromatic nitrogens is 3. The van der Waals surface area contributed by atoms with E-state index in [9.17, 15) is 19.3 Å². The normalized spacial score (nSPS) is 10.2. The molecule has 0 spiro atoms. The smallest absolute Gasteiger partial charge is 0.272 e. The molecule has 8 nitrogen and oxygen atoms in total. The predicted octanol–water partition coefficient (Wildman–Crippen LogP) is 0.782. The van der Waals surface area contributed by atoms with Crippen molar-refractivity contribution in [3.8, 4) is 0 Å². The van der Waals surface area contributed by atoms with E-state index in [1.165, 1.54) is 6.33 Å². The van der Waals surface area contributed by atoms with Crippen molar-refractivity contribution in [2.45, 2.75) is 6.54 Å². The highest BCUT2D eigenvalue weighted by Crippen LogP contribution is 2.16. The third kappa shape index (κ3) is 2.89. The minimum Gasteiger partial charge on any atom is -0.345 e. The number of H-pyrrole nitrogens is 1. The number of hydrogen-bond donors (Lipinski definition) is 2. The van der Waals surface area contributed by atoms with E-state index in [0.717, 1.165) is 12.1 Å². The van der Waals surface area contributed by atoms with Crippen LogP contribution >= 0.6 is 0 Å². The molecule has 2 N–H and O–H groups in total. The fourth-order valence-electron chi connectivity index (χ4n) is 1.38. The number of nitro benzene ring substituents is 1. The molecule has 98 valence electrons. The Morgan fingerprint density at radius 3 is 2.89 bits per heavy atom. The number of nitro groups is 1. The Bertz CT molecular complexity index is 614. The molecule has 0 fully saturated rings. The number of carbonyl (C=O) groups is 1. The van der Waals surface area contributed by atoms with Crippen LogP contribution in [0, 0.1) is 15.9 Å². The van der Waals surface area contributed by atoms with Crippen molar-refractivity contribution in [1.82, 2.24) is 20.5 Å². The van der Waals surface area contributed by atoms with Crippen molar-refractivity contribution in [1.29, 1.82) is 0 Å². The van der Waals surface area contributed by atoms with Gasteiger partial charge < -0.3 is 5.32 Å². The van der Waals surface area contributed by atoms with Crippen LogP contribution in [0.25, 0.3) is 0 Å². The summed E-state index contributed by atoms with van der Waals surface area (Å²) in [6.45, 7) is 0.0509. The molecule has 0 bridgehead atoms. The first-order valence-electron chi connectivity index (χ1n) is 5.14. The number of non-ortho nitro benzene ring substituents is 1. The van der Waals surface area contributed by atoms with Crippen molar-refractivity contribution in [3.63, 3.8) is 0 Å². The molecule has 1 aromatic carbocycles. The summed E-state index contributed by atoms with van der Waals surface area (Å²) >= 11 is 0. The van der Waals surface area contributed by atoms with Gasteiger partial charge in [0.25, 0.3) is 11.6 Å². The Labute approximate surface area is 105 Å². The second-order valence-electron chi connectivity index (χ2n) is 3.54. The van der Waals surface area contributed by atoms with E-state index in [4.69, 9.17) is 0 Å². The van der Waals surface area contributed by atoms with Crippen molar-refractivity contribution < 1.29 is 14.1 Å². The molecular weight excluding hydrogens is 257 g/mol. The zero-order valence-corrected chi connectivity index (χ0v) is 9.46. The summed E-state index contributed by atoms with van der Waals surface area (Å²) in [5.41, 5.74) is -0.686. The maximum Gasteiger partial charge on any atom is 0.272 e. The maximum atomic E-state index is 13.5. The molecule has 2 rings (SSSR count). The number of hydrogen-bond acceptors (Lipinski definition) is 5. The molecule has 2 aromatic rings. The van der Waals surface area contributed by atoms with Crippen LogP contribution in [-0.4, -0.2) is 26.0 Å². The first kappa shape index (κ1) is 12.6. The molecule has 1 amide bonds. The maximum absolute atomic E-state index is 13.5. The van der Waals surface area contributed by atoms with Gasteiger partial charge >= 0.3 is 0 Å². The van der Waals surface area contributed by atoms with Gasteiger partial charge in [-0.15, -0.1) is 0 Å². The zero-order valence-electron chi connectivity index (χ0n) is 9.46. The number of benzene rings is 1. The Hall–Kier alpha value is -2.84. The molecule has 9 heteroatoms. The van der Waals surface area contributed by atoms with Crippen molar-refractivity contribution in [3.05, 3.63) is 51.8 Å². The molecule has 0 unspecified atom stereocenters. The van der Waals surface area contributed by atoms with E-state index in [1.807, 2.05) is 0 Å². The lowest BCUT2D eigenvalue weighted by molar-refractivity contribution is -0.385. The molecular formula is C10H8FN5O3. The van der Waals surface area contributed by atoms with Crippen LogP contribution in [0.4, 0.5) is 10.1 Å². The van der Waals surface area contributed by atoms with Crippen LogP contribution in [-0.2, 0) is 6.54 Å². The molecule has 0 radical (unpaired) electrons. The Balaban J connectivity index is 2.09. The number of carbonyl (C=O) groups excluding carboxylic acids is 1. The quantitative estimate of drug-likeness (QED) is 0.626.